The van der Waals surface area contributed by atoms with E-state index in [0.29, 0.717) is 23.5 Å². The van der Waals surface area contributed by atoms with Gasteiger partial charge in [0, 0.05) is 22.9 Å². The lowest BCUT2D eigenvalue weighted by atomic mass is 9.53. The molecule has 28 heavy (non-hydrogen) atoms. The van der Waals surface area contributed by atoms with Gasteiger partial charge in [0.2, 0.25) is 5.75 Å². The van der Waals surface area contributed by atoms with Crippen LogP contribution in [0.4, 0.5) is 0 Å². The Kier molecular flexibility index (Phi) is 3.69. The number of carbonyl (C=O) groups excluding carboxylic acids is 1. The molecule has 1 aromatic rings. The number of carbonyl (C=O) groups is 1. The lowest BCUT2D eigenvalue weighted by Crippen LogP contribution is -2.64. The van der Waals surface area contributed by atoms with Gasteiger partial charge in [0.1, 0.15) is 12.2 Å². The molecule has 0 aromatic heterocycles. The molecule has 0 amide bonds. The topological polar surface area (TPSA) is 68.2 Å². The average Bonchev–Trinajstić information content (AvgIpc) is 2.99. The Morgan fingerprint density at radius 1 is 1.32 bits per heavy atom. The van der Waals surface area contributed by atoms with E-state index in [-0.39, 0.29) is 11.5 Å². The summed E-state index contributed by atoms with van der Waals surface area (Å²) in [5.41, 5.74) is 1.47. The van der Waals surface area contributed by atoms with Crippen LogP contribution in [-0.4, -0.2) is 47.8 Å². The van der Waals surface area contributed by atoms with E-state index in [9.17, 15) is 9.90 Å². The Labute approximate surface area is 165 Å². The van der Waals surface area contributed by atoms with Crippen molar-refractivity contribution >= 4 is 5.97 Å². The molecule has 0 unspecified atom stereocenters. The van der Waals surface area contributed by atoms with Crippen LogP contribution in [0.3, 0.4) is 0 Å². The van der Waals surface area contributed by atoms with E-state index < -0.39 is 17.5 Å². The molecule has 4 aliphatic rings. The Balaban J connectivity index is 1.58. The molecular formula is C22H27NO5. The molecule has 2 aliphatic carbocycles. The number of hydrogen-bond acceptors (Lipinski definition) is 6. The molecule has 1 N–H and O–H groups in total. The highest BCUT2D eigenvalue weighted by Crippen LogP contribution is 2.62. The summed E-state index contributed by atoms with van der Waals surface area (Å²) in [5, 5.41) is 10.7. The molecule has 2 aliphatic heterocycles. The number of aliphatic hydroxyl groups excluding tert-OH is 1. The zero-order valence-corrected chi connectivity index (χ0v) is 16.8. The second-order valence-corrected chi connectivity index (χ2v) is 9.61. The molecule has 6 heteroatoms. The number of nitrogens with zero attached hydrogens (tertiary/aromatic N) is 1. The normalized spacial score (nSPS) is 35.2. The molecule has 0 saturated carbocycles. The van der Waals surface area contributed by atoms with Crippen molar-refractivity contribution in [3.8, 4) is 11.5 Å². The first kappa shape index (κ1) is 18.0. The highest BCUT2D eigenvalue weighted by molar-refractivity contribution is 5.75. The highest BCUT2D eigenvalue weighted by Gasteiger charge is 2.64. The van der Waals surface area contributed by atoms with Gasteiger partial charge in [-0.05, 0) is 58.8 Å². The third-order valence-electron chi connectivity index (χ3n) is 6.95. The zero-order chi connectivity index (χ0) is 19.8. The molecule has 5 atom stereocenters. The summed E-state index contributed by atoms with van der Waals surface area (Å²) in [7, 11) is 2.18. The number of likely N-dealkylation sites (tertiary alicyclic amines) is 1. The fourth-order valence-electron chi connectivity index (χ4n) is 5.50. The Hall–Kier alpha value is -2.05. The van der Waals surface area contributed by atoms with Gasteiger partial charge in [-0.1, -0.05) is 18.2 Å². The largest absolute Gasteiger partial charge is 0.482 e. The minimum absolute atomic E-state index is 0.248. The second-order valence-electron chi connectivity index (χ2n) is 9.61. The van der Waals surface area contributed by atoms with Crippen LogP contribution in [0.1, 0.15) is 38.3 Å². The summed E-state index contributed by atoms with van der Waals surface area (Å²) in [6, 6.07) is 4.26. The van der Waals surface area contributed by atoms with Crippen LogP contribution in [0.2, 0.25) is 0 Å². The van der Waals surface area contributed by atoms with Crippen molar-refractivity contribution in [3.63, 3.8) is 0 Å². The Morgan fingerprint density at radius 2 is 2.11 bits per heavy atom. The number of piperidine rings is 1. The quantitative estimate of drug-likeness (QED) is 0.479. The Morgan fingerprint density at radius 3 is 2.86 bits per heavy atom. The number of rotatable bonds is 2. The van der Waals surface area contributed by atoms with Crippen LogP contribution in [-0.2, 0) is 21.5 Å². The fourth-order valence-corrected chi connectivity index (χ4v) is 5.50. The van der Waals surface area contributed by atoms with Crippen molar-refractivity contribution in [2.24, 2.45) is 11.3 Å². The van der Waals surface area contributed by atoms with Gasteiger partial charge < -0.3 is 14.7 Å². The summed E-state index contributed by atoms with van der Waals surface area (Å²) in [4.78, 5) is 25.1. The minimum Gasteiger partial charge on any atom is -0.482 e. The number of benzene rings is 1. The van der Waals surface area contributed by atoms with Crippen LogP contribution in [0.15, 0.2) is 24.3 Å². The lowest BCUT2D eigenvalue weighted by Gasteiger charge is -2.56. The van der Waals surface area contributed by atoms with E-state index in [1.54, 1.807) is 20.8 Å². The van der Waals surface area contributed by atoms with Gasteiger partial charge in [-0.2, -0.15) is 0 Å². The van der Waals surface area contributed by atoms with Crippen molar-refractivity contribution in [2.75, 3.05) is 13.6 Å². The molecule has 1 aromatic carbocycles. The number of hydrogen-bond donors (Lipinski definition) is 1. The van der Waals surface area contributed by atoms with Crippen molar-refractivity contribution in [3.05, 3.63) is 35.4 Å². The van der Waals surface area contributed by atoms with Gasteiger partial charge in [-0.25, -0.2) is 9.68 Å². The first-order chi connectivity index (χ1) is 13.2. The van der Waals surface area contributed by atoms with Crippen molar-refractivity contribution < 1.29 is 24.4 Å². The summed E-state index contributed by atoms with van der Waals surface area (Å²) in [6.07, 6.45) is 4.90. The predicted octanol–water partition coefficient (Wildman–Crippen LogP) is 2.38. The molecule has 150 valence electrons. The molecule has 6 nitrogen and oxygen atoms in total. The number of aliphatic hydroxyl groups is 1. The van der Waals surface area contributed by atoms with E-state index in [4.69, 9.17) is 14.5 Å². The van der Waals surface area contributed by atoms with Crippen LogP contribution >= 0.6 is 0 Å². The third kappa shape index (κ3) is 2.25. The van der Waals surface area contributed by atoms with E-state index in [0.717, 1.165) is 24.9 Å². The molecule has 2 heterocycles. The van der Waals surface area contributed by atoms with E-state index >= 15 is 0 Å². The summed E-state index contributed by atoms with van der Waals surface area (Å²) in [5.74, 6) is 0.883. The molecular weight excluding hydrogens is 358 g/mol. The van der Waals surface area contributed by atoms with Gasteiger partial charge in [0.05, 0.1) is 5.41 Å². The van der Waals surface area contributed by atoms with E-state index in [1.807, 2.05) is 12.1 Å². The zero-order valence-electron chi connectivity index (χ0n) is 16.8. The van der Waals surface area contributed by atoms with E-state index in [2.05, 4.69) is 24.1 Å². The summed E-state index contributed by atoms with van der Waals surface area (Å²) < 4.78 is 6.34. The monoisotopic (exact) mass is 385 g/mol. The predicted molar refractivity (Wildman–Crippen MR) is 102 cm³/mol. The lowest BCUT2D eigenvalue weighted by molar-refractivity contribution is -0.223. The second kappa shape index (κ2) is 5.74. The molecule has 5 rings (SSSR count). The SMILES string of the molecule is CN1CC[C@]23c4c5ccc(OOC(=O)C(C)(C)C)c4O[C@H]2[C@@H](O)C=C[C@H]3[C@H]1C5. The smallest absolute Gasteiger partial charge is 0.360 e. The van der Waals surface area contributed by atoms with Crippen LogP contribution in [0.5, 0.6) is 11.5 Å². The van der Waals surface area contributed by atoms with Gasteiger partial charge in [-0.3, -0.25) is 4.89 Å². The summed E-state index contributed by atoms with van der Waals surface area (Å²) >= 11 is 0. The van der Waals surface area contributed by atoms with Crippen molar-refractivity contribution in [2.45, 2.75) is 57.3 Å². The first-order valence-corrected chi connectivity index (χ1v) is 10.0. The maximum atomic E-state index is 12.1. The maximum Gasteiger partial charge on any atom is 0.360 e. The van der Waals surface area contributed by atoms with Gasteiger partial charge in [0.15, 0.2) is 5.75 Å². The maximum absolute atomic E-state index is 12.1. The highest BCUT2D eigenvalue weighted by atomic mass is 17.2. The Bertz CT molecular complexity index is 872. The molecule has 1 fully saturated rings. The number of ether oxygens (including phenoxy) is 1. The molecule has 2 bridgehead atoms. The number of likely N-dealkylation sites (N-methyl/N-ethyl adjacent to an activating group) is 1. The average molecular weight is 385 g/mol. The molecule has 1 spiro atoms. The van der Waals surface area contributed by atoms with E-state index in [1.165, 1.54) is 5.56 Å². The summed E-state index contributed by atoms with van der Waals surface area (Å²) in [6.45, 7) is 6.30. The van der Waals surface area contributed by atoms with Crippen molar-refractivity contribution in [1.29, 1.82) is 0 Å². The van der Waals surface area contributed by atoms with Crippen LogP contribution < -0.4 is 9.62 Å². The molecule has 0 radical (unpaired) electrons. The fraction of sp³-hybridized carbons (Fsp3) is 0.591. The van der Waals surface area contributed by atoms with Crippen LogP contribution in [0.25, 0.3) is 0 Å². The minimum atomic E-state index is -0.663. The third-order valence-corrected chi connectivity index (χ3v) is 6.95. The van der Waals surface area contributed by atoms with Gasteiger partial charge >= 0.3 is 5.97 Å². The van der Waals surface area contributed by atoms with Crippen LogP contribution in [0, 0.1) is 11.3 Å². The van der Waals surface area contributed by atoms with Crippen molar-refractivity contribution in [1.82, 2.24) is 4.90 Å². The van der Waals surface area contributed by atoms with Gasteiger partial charge in [-0.15, -0.1) is 0 Å². The molecule has 1 saturated heterocycles. The standard InChI is InChI=1S/C22H27NO5/c1-21(2,3)20(25)28-27-16-8-5-12-11-14-13-6-7-15(24)19-22(13,9-10-23(14)4)17(12)18(16)26-19/h5-8,13-15,19,24H,9-11H2,1-4H3/t13-,14+,15-,19-,22-/m0/s1. The first-order valence-electron chi connectivity index (χ1n) is 10.0. The van der Waals surface area contributed by atoms with Gasteiger partial charge in [0.25, 0.3) is 0 Å².